The Morgan fingerprint density at radius 1 is 0.274 bits per heavy atom. The van der Waals surface area contributed by atoms with Gasteiger partial charge in [0.1, 0.15) is 19.3 Å². The van der Waals surface area contributed by atoms with Crippen LogP contribution in [0.1, 0.15) is 459 Å². The molecule has 630 valence electrons. The first kappa shape index (κ1) is 104. The molecule has 0 aliphatic rings. The normalized spacial score (nSPS) is 14.1. The maximum Gasteiger partial charge on any atom is 0.472 e. The van der Waals surface area contributed by atoms with E-state index in [1.807, 2.05) is 0 Å². The lowest BCUT2D eigenvalue weighted by molar-refractivity contribution is -0.161. The number of phosphoric ester groups is 2. The first-order valence-electron chi connectivity index (χ1n) is 44.9. The summed E-state index contributed by atoms with van der Waals surface area (Å²) in [5, 5.41) is 10.7. The minimum atomic E-state index is -4.97. The molecule has 0 aromatic rings. The van der Waals surface area contributed by atoms with Gasteiger partial charge in [-0.15, -0.1) is 0 Å². The van der Waals surface area contributed by atoms with Crippen molar-refractivity contribution in [3.63, 3.8) is 0 Å². The molecule has 0 saturated heterocycles. The Labute approximate surface area is 651 Å². The number of ether oxygens (including phenoxy) is 4. The fraction of sp³-hybridized carbons (Fsp3) is 0.954. The topological polar surface area (TPSA) is 237 Å². The molecule has 0 aromatic carbocycles. The summed E-state index contributed by atoms with van der Waals surface area (Å²) in [6.45, 7) is 12.0. The van der Waals surface area contributed by atoms with Crippen molar-refractivity contribution >= 4 is 39.5 Å². The van der Waals surface area contributed by atoms with E-state index in [2.05, 4.69) is 48.5 Å². The maximum atomic E-state index is 13.2. The minimum Gasteiger partial charge on any atom is -0.462 e. The minimum absolute atomic E-state index is 0.107. The predicted molar refractivity (Wildman–Crippen MR) is 437 cm³/mol. The predicted octanol–water partition coefficient (Wildman–Crippen LogP) is 26.5. The van der Waals surface area contributed by atoms with Crippen molar-refractivity contribution in [2.75, 3.05) is 39.6 Å². The number of carbonyl (C=O) groups is 4. The van der Waals surface area contributed by atoms with Crippen molar-refractivity contribution in [3.05, 3.63) is 0 Å². The van der Waals surface area contributed by atoms with Gasteiger partial charge in [0.2, 0.25) is 0 Å². The van der Waals surface area contributed by atoms with E-state index in [0.717, 1.165) is 108 Å². The summed E-state index contributed by atoms with van der Waals surface area (Å²) in [6.07, 6.45) is 68.0. The molecule has 0 saturated carbocycles. The molecule has 19 heteroatoms. The van der Waals surface area contributed by atoms with Crippen molar-refractivity contribution in [2.24, 2.45) is 17.8 Å². The smallest absolute Gasteiger partial charge is 0.462 e. The van der Waals surface area contributed by atoms with Crippen LogP contribution in [0.5, 0.6) is 0 Å². The van der Waals surface area contributed by atoms with E-state index < -0.39 is 97.5 Å². The molecule has 0 heterocycles. The Bertz CT molecular complexity index is 2050. The highest BCUT2D eigenvalue weighted by atomic mass is 31.2. The molecule has 3 N–H and O–H groups in total. The van der Waals surface area contributed by atoms with Gasteiger partial charge in [-0.3, -0.25) is 37.3 Å². The zero-order valence-electron chi connectivity index (χ0n) is 69.9. The van der Waals surface area contributed by atoms with E-state index >= 15 is 0 Å². The summed E-state index contributed by atoms with van der Waals surface area (Å²) in [4.78, 5) is 73.3. The fourth-order valence-corrected chi connectivity index (χ4v) is 15.1. The average Bonchev–Trinajstić information content (AvgIpc) is 0.897. The van der Waals surface area contributed by atoms with Crippen LogP contribution in [0.25, 0.3) is 0 Å². The van der Waals surface area contributed by atoms with Crippen LogP contribution in [-0.4, -0.2) is 96.7 Å². The van der Waals surface area contributed by atoms with Crippen molar-refractivity contribution in [3.8, 4) is 0 Å². The Balaban J connectivity index is 5.26. The van der Waals surface area contributed by atoms with Gasteiger partial charge in [-0.2, -0.15) is 0 Å². The van der Waals surface area contributed by atoms with Gasteiger partial charge in [0.15, 0.2) is 12.2 Å². The molecule has 6 atom stereocenters. The van der Waals surface area contributed by atoms with Gasteiger partial charge in [-0.05, 0) is 43.4 Å². The largest absolute Gasteiger partial charge is 0.472 e. The van der Waals surface area contributed by atoms with Crippen molar-refractivity contribution in [1.82, 2.24) is 0 Å². The lowest BCUT2D eigenvalue weighted by Crippen LogP contribution is -2.30. The highest BCUT2D eigenvalue weighted by Crippen LogP contribution is 2.45. The van der Waals surface area contributed by atoms with E-state index in [9.17, 15) is 43.2 Å². The summed E-state index contributed by atoms with van der Waals surface area (Å²) in [5.41, 5.74) is 0. The van der Waals surface area contributed by atoms with E-state index in [0.29, 0.717) is 25.7 Å². The maximum absolute atomic E-state index is 13.2. The number of esters is 4. The summed E-state index contributed by atoms with van der Waals surface area (Å²) >= 11 is 0. The zero-order valence-corrected chi connectivity index (χ0v) is 71.7. The van der Waals surface area contributed by atoms with Crippen LogP contribution in [0.3, 0.4) is 0 Å². The lowest BCUT2D eigenvalue weighted by atomic mass is 9.99. The molecular weight excluding hydrogens is 1380 g/mol. The van der Waals surface area contributed by atoms with Gasteiger partial charge >= 0.3 is 39.5 Å². The Hall–Kier alpha value is -1.94. The number of hydrogen-bond acceptors (Lipinski definition) is 15. The van der Waals surface area contributed by atoms with Crippen LogP contribution in [0.2, 0.25) is 0 Å². The second-order valence-corrected chi connectivity index (χ2v) is 35.4. The number of hydrogen-bond donors (Lipinski definition) is 3. The van der Waals surface area contributed by atoms with Crippen molar-refractivity contribution in [2.45, 2.75) is 478 Å². The van der Waals surface area contributed by atoms with Gasteiger partial charge in [0.25, 0.3) is 0 Å². The number of phosphoric acid groups is 2. The molecule has 0 bridgehead atoms. The van der Waals surface area contributed by atoms with Gasteiger partial charge in [0.05, 0.1) is 26.4 Å². The lowest BCUT2D eigenvalue weighted by Gasteiger charge is -2.21. The molecule has 0 spiro atoms. The van der Waals surface area contributed by atoms with Crippen LogP contribution >= 0.6 is 15.6 Å². The van der Waals surface area contributed by atoms with Gasteiger partial charge in [-0.25, -0.2) is 9.13 Å². The number of aliphatic hydroxyl groups is 1. The van der Waals surface area contributed by atoms with Crippen LogP contribution in [0.4, 0.5) is 0 Å². The van der Waals surface area contributed by atoms with Gasteiger partial charge in [0, 0.05) is 25.7 Å². The fourth-order valence-electron chi connectivity index (χ4n) is 13.5. The molecule has 0 fully saturated rings. The number of unbranched alkanes of at least 4 members (excludes halogenated alkanes) is 52. The van der Waals surface area contributed by atoms with E-state index in [-0.39, 0.29) is 25.7 Å². The molecule has 0 radical (unpaired) electrons. The molecule has 0 aliphatic carbocycles. The SMILES string of the molecule is CCCCCCCCCCCCCCCCCCCCCCC(=O)O[C@H](COC(=O)CCCCCCCCCCCCCCCCCCC(C)C)COP(=O)(O)OC[C@@H](O)COP(=O)(O)OC[C@@H](COC(=O)CCCCCCCCCCC(C)CC)OC(=O)CCCCCCCCCCCCCCC(C)C. The van der Waals surface area contributed by atoms with Crippen LogP contribution in [0.15, 0.2) is 0 Å². The zero-order chi connectivity index (χ0) is 77.9. The summed E-state index contributed by atoms with van der Waals surface area (Å²) in [5.74, 6) is 0.263. The Morgan fingerprint density at radius 3 is 0.717 bits per heavy atom. The Kier molecular flexibility index (Phi) is 75.6. The third-order valence-corrected chi connectivity index (χ3v) is 22.6. The van der Waals surface area contributed by atoms with Crippen LogP contribution in [0, 0.1) is 17.8 Å². The number of aliphatic hydroxyl groups excluding tert-OH is 1. The van der Waals surface area contributed by atoms with Crippen LogP contribution in [-0.2, 0) is 65.4 Å². The van der Waals surface area contributed by atoms with E-state index in [1.54, 1.807) is 0 Å². The third-order valence-electron chi connectivity index (χ3n) is 20.7. The summed E-state index contributed by atoms with van der Waals surface area (Å²) in [6, 6.07) is 0. The summed E-state index contributed by atoms with van der Waals surface area (Å²) < 4.78 is 69.0. The number of carbonyl (C=O) groups excluding carboxylic acids is 4. The molecule has 17 nitrogen and oxygen atoms in total. The quantitative estimate of drug-likeness (QED) is 0.0222. The first-order valence-corrected chi connectivity index (χ1v) is 47.9. The van der Waals surface area contributed by atoms with E-state index in [4.69, 9.17) is 37.0 Å². The molecular formula is C87H170O17P2. The van der Waals surface area contributed by atoms with E-state index in [1.165, 1.54) is 270 Å². The summed E-state index contributed by atoms with van der Waals surface area (Å²) in [7, 11) is -9.93. The Morgan fingerprint density at radius 2 is 0.481 bits per heavy atom. The molecule has 0 amide bonds. The molecule has 3 unspecified atom stereocenters. The van der Waals surface area contributed by atoms with Gasteiger partial charge in [-0.1, -0.05) is 408 Å². The standard InChI is InChI=1S/C87H170O17P2/c1-8-10-11-12-13-14-15-16-17-18-19-20-21-26-29-35-40-49-56-63-70-86(91)103-82(74-97-84(89)68-61-54-47-39-34-28-25-23-22-24-27-32-37-44-51-58-65-78(3)4)76-101-105(93,94)99-72-81(88)73-100-106(95,96)102-77-83(75-98-85(90)69-62-55-48-43-42-46-53-60-67-80(7)9-2)104-87(92)71-64-57-50-41-36-31-30-33-38-45-52-59-66-79(5)6/h78-83,88H,8-77H2,1-7H3,(H,93,94)(H,95,96)/t80?,81-,82-,83-/m1/s1. The highest BCUT2D eigenvalue weighted by Gasteiger charge is 2.31. The molecule has 0 aromatic heterocycles. The highest BCUT2D eigenvalue weighted by molar-refractivity contribution is 7.47. The second kappa shape index (κ2) is 77.0. The van der Waals surface area contributed by atoms with Crippen LogP contribution < -0.4 is 0 Å². The first-order chi connectivity index (χ1) is 51.3. The third kappa shape index (κ3) is 78.7. The van der Waals surface area contributed by atoms with Crippen molar-refractivity contribution < 1.29 is 80.2 Å². The van der Waals surface area contributed by atoms with Gasteiger partial charge < -0.3 is 33.8 Å². The molecule has 0 aliphatic heterocycles. The molecule has 0 rings (SSSR count). The van der Waals surface area contributed by atoms with Crippen molar-refractivity contribution in [1.29, 1.82) is 0 Å². The second-order valence-electron chi connectivity index (χ2n) is 32.5. The average molecular weight is 1550 g/mol. The molecule has 106 heavy (non-hydrogen) atoms. The monoisotopic (exact) mass is 1550 g/mol. The number of rotatable bonds is 85.